The van der Waals surface area contributed by atoms with Crippen LogP contribution >= 0.6 is 0 Å². The molecule has 1 aromatic heterocycles. The highest BCUT2D eigenvalue weighted by atomic mass is 19.1. The van der Waals surface area contributed by atoms with Crippen LogP contribution in [0, 0.1) is 23.4 Å². The lowest BCUT2D eigenvalue weighted by Crippen LogP contribution is -2.39. The van der Waals surface area contributed by atoms with Crippen molar-refractivity contribution in [3.05, 3.63) is 59.9 Å². The van der Waals surface area contributed by atoms with Crippen LogP contribution in [0.5, 0.6) is 0 Å². The Balaban J connectivity index is 0.000000188. The Morgan fingerprint density at radius 2 is 1.76 bits per heavy atom. The first-order valence-corrected chi connectivity index (χ1v) is 9.71. The number of amides is 2. The van der Waals surface area contributed by atoms with Crippen molar-refractivity contribution in [2.24, 2.45) is 5.92 Å². The van der Waals surface area contributed by atoms with Crippen LogP contribution in [0.2, 0.25) is 0 Å². The molecular formula is C22H24F3N3O. The molecule has 0 aliphatic heterocycles. The smallest absolute Gasteiger partial charge is 0.314 e. The summed E-state index contributed by atoms with van der Waals surface area (Å²) in [7, 11) is 0. The molecule has 0 saturated heterocycles. The Morgan fingerprint density at radius 3 is 2.38 bits per heavy atom. The van der Waals surface area contributed by atoms with Gasteiger partial charge in [-0.05, 0) is 67.6 Å². The van der Waals surface area contributed by atoms with Crippen molar-refractivity contribution in [1.29, 1.82) is 0 Å². The fraction of sp³-hybridized carbons (Fsp3) is 0.318. The largest absolute Gasteiger partial charge is 0.352 e. The molecule has 3 aromatic rings. The minimum absolute atomic E-state index is 0.0283. The maximum atomic E-state index is 13.5. The molecule has 0 radical (unpaired) electrons. The maximum Gasteiger partial charge on any atom is 0.314 e. The Bertz CT molecular complexity index is 965. The number of rotatable bonds is 4. The minimum Gasteiger partial charge on any atom is -0.352 e. The Kier molecular flexibility index (Phi) is 6.80. The van der Waals surface area contributed by atoms with E-state index in [2.05, 4.69) is 15.6 Å². The van der Waals surface area contributed by atoms with Gasteiger partial charge in [0.25, 0.3) is 0 Å². The maximum absolute atomic E-state index is 13.5. The first-order chi connectivity index (χ1) is 14.0. The summed E-state index contributed by atoms with van der Waals surface area (Å²) in [6.45, 7) is 3.48. The molecule has 154 valence electrons. The second kappa shape index (κ2) is 9.49. The summed E-state index contributed by atoms with van der Waals surface area (Å²) in [4.78, 5) is 13.7. The monoisotopic (exact) mass is 403 g/mol. The molecule has 1 heterocycles. The number of H-pyrrole nitrogens is 1. The van der Waals surface area contributed by atoms with Gasteiger partial charge in [0.05, 0.1) is 5.52 Å². The zero-order valence-corrected chi connectivity index (χ0v) is 16.2. The van der Waals surface area contributed by atoms with Gasteiger partial charge in [0, 0.05) is 30.2 Å². The van der Waals surface area contributed by atoms with Crippen molar-refractivity contribution in [3.63, 3.8) is 0 Å². The van der Waals surface area contributed by atoms with E-state index in [4.69, 9.17) is 0 Å². The van der Waals surface area contributed by atoms with Crippen LogP contribution in [0.4, 0.5) is 18.0 Å². The second-order valence-electron chi connectivity index (χ2n) is 7.08. The molecule has 1 aliphatic rings. The summed E-state index contributed by atoms with van der Waals surface area (Å²) >= 11 is 0. The van der Waals surface area contributed by atoms with Crippen molar-refractivity contribution in [2.45, 2.75) is 26.2 Å². The van der Waals surface area contributed by atoms with Crippen LogP contribution in [-0.2, 0) is 0 Å². The number of carbonyl (C=O) groups is 1. The van der Waals surface area contributed by atoms with E-state index in [-0.39, 0.29) is 17.4 Å². The highest BCUT2D eigenvalue weighted by molar-refractivity contribution is 5.86. The van der Waals surface area contributed by atoms with Gasteiger partial charge in [-0.2, -0.15) is 0 Å². The van der Waals surface area contributed by atoms with E-state index in [0.29, 0.717) is 23.2 Å². The third-order valence-corrected chi connectivity index (χ3v) is 4.91. The van der Waals surface area contributed by atoms with Crippen LogP contribution in [0.15, 0.2) is 42.5 Å². The lowest BCUT2D eigenvalue weighted by Gasteiger charge is -2.25. The van der Waals surface area contributed by atoms with Gasteiger partial charge in [0.2, 0.25) is 0 Å². The standard InChI is InChI=1S/C14H8F3N.C8H16N2O/c15-10-3-1-8(2-4-10)13-6-9-5-11(16)7-12(17)14(9)18-13;1-2-9-8(11)10-6-7-4-3-5-7/h1-7,18H;7H,2-6H2,1H3,(H2,9,10,11). The van der Waals surface area contributed by atoms with E-state index in [0.717, 1.165) is 18.5 Å². The van der Waals surface area contributed by atoms with Crippen molar-refractivity contribution < 1.29 is 18.0 Å². The number of hydrogen-bond acceptors (Lipinski definition) is 1. The molecule has 29 heavy (non-hydrogen) atoms. The average molecular weight is 403 g/mol. The molecule has 7 heteroatoms. The van der Waals surface area contributed by atoms with Crippen LogP contribution in [0.3, 0.4) is 0 Å². The molecule has 4 nitrogen and oxygen atoms in total. The Hall–Kier alpha value is -2.96. The zero-order chi connectivity index (χ0) is 20.8. The number of fused-ring (bicyclic) bond motifs is 1. The molecule has 1 saturated carbocycles. The van der Waals surface area contributed by atoms with Gasteiger partial charge in [0.15, 0.2) is 0 Å². The molecule has 3 N–H and O–H groups in total. The molecule has 0 bridgehead atoms. The summed E-state index contributed by atoms with van der Waals surface area (Å²) in [6.07, 6.45) is 3.90. The van der Waals surface area contributed by atoms with E-state index in [1.807, 2.05) is 6.92 Å². The predicted octanol–water partition coefficient (Wildman–Crippen LogP) is 5.36. The summed E-state index contributed by atoms with van der Waals surface area (Å²) in [5.74, 6) is -0.854. The molecule has 2 aromatic carbocycles. The fourth-order valence-electron chi connectivity index (χ4n) is 3.11. The molecule has 0 atom stereocenters. The normalized spacial score (nSPS) is 13.4. The lowest BCUT2D eigenvalue weighted by molar-refractivity contribution is 0.233. The SMILES string of the molecule is CCNC(=O)NCC1CCC1.Fc1ccc(-c2cc3cc(F)cc(F)c3[nH]2)cc1. The van der Waals surface area contributed by atoms with E-state index < -0.39 is 11.6 Å². The fourth-order valence-corrected chi connectivity index (χ4v) is 3.11. The van der Waals surface area contributed by atoms with Crippen LogP contribution < -0.4 is 10.6 Å². The number of benzene rings is 2. The highest BCUT2D eigenvalue weighted by Gasteiger charge is 2.17. The third-order valence-electron chi connectivity index (χ3n) is 4.91. The number of urea groups is 1. The second-order valence-corrected chi connectivity index (χ2v) is 7.08. The van der Waals surface area contributed by atoms with Crippen LogP contribution in [0.1, 0.15) is 26.2 Å². The number of halogens is 3. The van der Waals surface area contributed by atoms with Crippen LogP contribution in [-0.4, -0.2) is 24.1 Å². The molecule has 2 amide bonds. The summed E-state index contributed by atoms with van der Waals surface area (Å²) < 4.78 is 39.4. The summed E-state index contributed by atoms with van der Waals surface area (Å²) in [5, 5.41) is 5.99. The topological polar surface area (TPSA) is 56.9 Å². The van der Waals surface area contributed by atoms with E-state index in [1.54, 1.807) is 18.2 Å². The minimum atomic E-state index is -0.640. The molecule has 4 rings (SSSR count). The number of aromatic nitrogens is 1. The van der Waals surface area contributed by atoms with Crippen LogP contribution in [0.25, 0.3) is 22.2 Å². The lowest BCUT2D eigenvalue weighted by atomic mass is 9.85. The third kappa shape index (κ3) is 5.53. The van der Waals surface area contributed by atoms with E-state index >= 15 is 0 Å². The highest BCUT2D eigenvalue weighted by Crippen LogP contribution is 2.27. The first-order valence-electron chi connectivity index (χ1n) is 9.71. The molecular weight excluding hydrogens is 379 g/mol. The van der Waals surface area contributed by atoms with Gasteiger partial charge >= 0.3 is 6.03 Å². The van der Waals surface area contributed by atoms with Crippen molar-refractivity contribution in [2.75, 3.05) is 13.1 Å². The van der Waals surface area contributed by atoms with Gasteiger partial charge in [-0.1, -0.05) is 6.42 Å². The molecule has 0 unspecified atom stereocenters. The van der Waals surface area contributed by atoms with Crippen molar-refractivity contribution in [1.82, 2.24) is 15.6 Å². The van der Waals surface area contributed by atoms with Gasteiger partial charge in [-0.15, -0.1) is 0 Å². The molecule has 1 aliphatic carbocycles. The predicted molar refractivity (Wildman–Crippen MR) is 108 cm³/mol. The van der Waals surface area contributed by atoms with Gasteiger partial charge < -0.3 is 15.6 Å². The first kappa shape index (κ1) is 20.8. The van der Waals surface area contributed by atoms with E-state index in [1.165, 1.54) is 37.5 Å². The van der Waals surface area contributed by atoms with Crippen molar-refractivity contribution >= 4 is 16.9 Å². The molecule has 0 spiro atoms. The Labute approximate surface area is 167 Å². The number of aromatic amines is 1. The number of nitrogens with one attached hydrogen (secondary N) is 3. The summed E-state index contributed by atoms with van der Waals surface area (Å²) in [6, 6.07) is 9.47. The van der Waals surface area contributed by atoms with Crippen molar-refractivity contribution in [3.8, 4) is 11.3 Å². The van der Waals surface area contributed by atoms with E-state index in [9.17, 15) is 18.0 Å². The zero-order valence-electron chi connectivity index (χ0n) is 16.2. The molecule has 1 fully saturated rings. The average Bonchev–Trinajstić information content (AvgIpc) is 3.06. The van der Waals surface area contributed by atoms with Gasteiger partial charge in [0.1, 0.15) is 17.5 Å². The Morgan fingerprint density at radius 1 is 1.03 bits per heavy atom. The quantitative estimate of drug-likeness (QED) is 0.540. The number of hydrogen-bond donors (Lipinski definition) is 3. The summed E-state index contributed by atoms with van der Waals surface area (Å²) in [5.41, 5.74) is 1.58. The van der Waals surface area contributed by atoms with Gasteiger partial charge in [-0.3, -0.25) is 0 Å². The number of carbonyl (C=O) groups excluding carboxylic acids is 1. The van der Waals surface area contributed by atoms with Gasteiger partial charge in [-0.25, -0.2) is 18.0 Å².